The maximum atomic E-state index is 12.6. The molecule has 0 aromatic heterocycles. The predicted molar refractivity (Wildman–Crippen MR) is 85.4 cm³/mol. The van der Waals surface area contributed by atoms with E-state index in [-0.39, 0.29) is 29.7 Å². The van der Waals surface area contributed by atoms with Crippen molar-refractivity contribution in [2.24, 2.45) is 17.8 Å². The first kappa shape index (κ1) is 16.5. The lowest BCUT2D eigenvalue weighted by Gasteiger charge is -2.23. The zero-order chi connectivity index (χ0) is 16.1. The Kier molecular flexibility index (Phi) is 5.58. The predicted octanol–water partition coefficient (Wildman–Crippen LogP) is 2.87. The van der Waals surface area contributed by atoms with Crippen LogP contribution in [0.25, 0.3) is 0 Å². The fraction of sp³-hybridized carbons (Fsp3) is 0.556. The minimum Gasteiger partial charge on any atom is -0.481 e. The van der Waals surface area contributed by atoms with Crippen LogP contribution >= 0.6 is 0 Å². The van der Waals surface area contributed by atoms with Crippen molar-refractivity contribution < 1.29 is 14.7 Å². The van der Waals surface area contributed by atoms with Crippen LogP contribution in [-0.4, -0.2) is 23.0 Å². The van der Waals surface area contributed by atoms with E-state index in [1.54, 1.807) is 0 Å². The van der Waals surface area contributed by atoms with Gasteiger partial charge in [-0.3, -0.25) is 9.59 Å². The lowest BCUT2D eigenvalue weighted by molar-refractivity contribution is -0.141. The molecule has 0 heterocycles. The van der Waals surface area contributed by atoms with Crippen molar-refractivity contribution >= 4 is 11.9 Å². The van der Waals surface area contributed by atoms with Crippen molar-refractivity contribution in [2.75, 3.05) is 0 Å². The number of hydrogen-bond acceptors (Lipinski definition) is 2. The largest absolute Gasteiger partial charge is 0.481 e. The summed E-state index contributed by atoms with van der Waals surface area (Å²) >= 11 is 0. The molecule has 1 aliphatic rings. The minimum absolute atomic E-state index is 0.00521. The number of rotatable bonds is 6. The normalized spacial score (nSPS) is 22.5. The molecule has 0 saturated heterocycles. The summed E-state index contributed by atoms with van der Waals surface area (Å²) in [5, 5.41) is 12.1. The van der Waals surface area contributed by atoms with E-state index in [0.29, 0.717) is 12.8 Å². The van der Waals surface area contributed by atoms with Gasteiger partial charge in [-0.25, -0.2) is 0 Å². The summed E-state index contributed by atoms with van der Waals surface area (Å²) < 4.78 is 0. The molecule has 4 nitrogen and oxygen atoms in total. The molecule has 0 aliphatic heterocycles. The summed E-state index contributed by atoms with van der Waals surface area (Å²) in [6.45, 7) is 4.11. The molecule has 4 heteroatoms. The first-order valence-corrected chi connectivity index (χ1v) is 8.04. The number of carboxylic acids is 1. The van der Waals surface area contributed by atoms with Gasteiger partial charge < -0.3 is 10.4 Å². The Morgan fingerprint density at radius 3 is 2.45 bits per heavy atom. The number of amides is 1. The summed E-state index contributed by atoms with van der Waals surface area (Å²) in [5.41, 5.74) is 1.16. The highest BCUT2D eigenvalue weighted by Crippen LogP contribution is 2.26. The van der Waals surface area contributed by atoms with Gasteiger partial charge in [0.15, 0.2) is 0 Å². The molecule has 2 N–H and O–H groups in total. The fourth-order valence-corrected chi connectivity index (χ4v) is 3.14. The first-order chi connectivity index (χ1) is 10.5. The number of carboxylic acid groups (broad SMARTS) is 1. The standard InChI is InChI=1S/C18H25NO3/c1-12(2)16(10-13-6-4-3-5-7-13)17(20)19-15-9-8-14(11-15)18(21)22/h3-7,12,14-16H,8-11H2,1-2H3,(H,19,20)(H,21,22)/t14-,15+,16?/m1/s1. The van der Waals surface area contributed by atoms with E-state index in [0.717, 1.165) is 18.4 Å². The average molecular weight is 303 g/mol. The van der Waals surface area contributed by atoms with Gasteiger partial charge in [0.25, 0.3) is 0 Å². The van der Waals surface area contributed by atoms with Crippen molar-refractivity contribution in [1.29, 1.82) is 0 Å². The third kappa shape index (κ3) is 4.33. The monoisotopic (exact) mass is 303 g/mol. The molecule has 1 saturated carbocycles. The Bertz CT molecular complexity index is 512. The Morgan fingerprint density at radius 1 is 1.23 bits per heavy atom. The molecule has 1 amide bonds. The number of carbonyl (C=O) groups excluding carboxylic acids is 1. The van der Waals surface area contributed by atoms with Crippen molar-refractivity contribution in [1.82, 2.24) is 5.32 Å². The summed E-state index contributed by atoms with van der Waals surface area (Å²) in [6, 6.07) is 10.0. The van der Waals surface area contributed by atoms with Crippen LogP contribution in [0.1, 0.15) is 38.7 Å². The van der Waals surface area contributed by atoms with Gasteiger partial charge in [-0.1, -0.05) is 44.2 Å². The highest BCUT2D eigenvalue weighted by molar-refractivity contribution is 5.80. The SMILES string of the molecule is CC(C)C(Cc1ccccc1)C(=O)N[C@H]1CC[C@@H](C(=O)O)C1. The second kappa shape index (κ2) is 7.43. The quantitative estimate of drug-likeness (QED) is 0.849. The molecule has 2 rings (SSSR count). The third-order valence-electron chi connectivity index (χ3n) is 4.57. The van der Waals surface area contributed by atoms with Crippen LogP contribution in [0.2, 0.25) is 0 Å². The summed E-state index contributed by atoms with van der Waals surface area (Å²) in [7, 11) is 0. The van der Waals surface area contributed by atoms with Gasteiger partial charge in [0.05, 0.1) is 5.92 Å². The Morgan fingerprint density at radius 2 is 1.91 bits per heavy atom. The van der Waals surface area contributed by atoms with E-state index in [9.17, 15) is 9.59 Å². The molecule has 1 aromatic rings. The van der Waals surface area contributed by atoms with E-state index in [1.165, 1.54) is 0 Å². The molecule has 0 bridgehead atoms. The van der Waals surface area contributed by atoms with E-state index < -0.39 is 5.97 Å². The number of nitrogens with one attached hydrogen (secondary N) is 1. The van der Waals surface area contributed by atoms with Gasteiger partial charge in [0.1, 0.15) is 0 Å². The van der Waals surface area contributed by atoms with Crippen molar-refractivity contribution in [3.63, 3.8) is 0 Å². The number of hydrogen-bond donors (Lipinski definition) is 2. The average Bonchev–Trinajstić information content (AvgIpc) is 2.94. The number of aliphatic carboxylic acids is 1. The van der Waals surface area contributed by atoms with E-state index in [4.69, 9.17) is 5.11 Å². The highest BCUT2D eigenvalue weighted by atomic mass is 16.4. The zero-order valence-corrected chi connectivity index (χ0v) is 13.3. The van der Waals surface area contributed by atoms with Crippen LogP contribution in [0.15, 0.2) is 30.3 Å². The maximum Gasteiger partial charge on any atom is 0.306 e. The van der Waals surface area contributed by atoms with E-state index >= 15 is 0 Å². The highest BCUT2D eigenvalue weighted by Gasteiger charge is 2.32. The van der Waals surface area contributed by atoms with Gasteiger partial charge in [-0.05, 0) is 37.2 Å². The van der Waals surface area contributed by atoms with Crippen LogP contribution in [-0.2, 0) is 16.0 Å². The topological polar surface area (TPSA) is 66.4 Å². The van der Waals surface area contributed by atoms with Crippen molar-refractivity contribution in [3.05, 3.63) is 35.9 Å². The summed E-state index contributed by atoms with van der Waals surface area (Å²) in [5.74, 6) is -0.837. The summed E-state index contributed by atoms with van der Waals surface area (Å²) in [6.07, 6.45) is 2.70. The van der Waals surface area contributed by atoms with Gasteiger partial charge >= 0.3 is 5.97 Å². The second-order valence-electron chi connectivity index (χ2n) is 6.59. The minimum atomic E-state index is -0.749. The van der Waals surface area contributed by atoms with Gasteiger partial charge in [-0.2, -0.15) is 0 Å². The Balaban J connectivity index is 1.94. The van der Waals surface area contributed by atoms with E-state index in [2.05, 4.69) is 19.2 Å². The third-order valence-corrected chi connectivity index (χ3v) is 4.57. The lowest BCUT2D eigenvalue weighted by Crippen LogP contribution is -2.40. The van der Waals surface area contributed by atoms with Crippen LogP contribution in [0.4, 0.5) is 0 Å². The lowest BCUT2D eigenvalue weighted by atomic mass is 9.88. The number of carbonyl (C=O) groups is 2. The van der Waals surface area contributed by atoms with Gasteiger partial charge in [0, 0.05) is 12.0 Å². The Hall–Kier alpha value is -1.84. The molecule has 1 unspecified atom stereocenters. The molecule has 22 heavy (non-hydrogen) atoms. The summed E-state index contributed by atoms with van der Waals surface area (Å²) in [4.78, 5) is 23.6. The maximum absolute atomic E-state index is 12.6. The zero-order valence-electron chi connectivity index (χ0n) is 13.3. The van der Waals surface area contributed by atoms with E-state index in [1.807, 2.05) is 30.3 Å². The second-order valence-corrected chi connectivity index (χ2v) is 6.59. The smallest absolute Gasteiger partial charge is 0.306 e. The molecule has 120 valence electrons. The van der Waals surface area contributed by atoms with Gasteiger partial charge in [0.2, 0.25) is 5.91 Å². The molecule has 0 radical (unpaired) electrons. The molecular weight excluding hydrogens is 278 g/mol. The van der Waals surface area contributed by atoms with Crippen LogP contribution in [0.5, 0.6) is 0 Å². The molecule has 1 fully saturated rings. The van der Waals surface area contributed by atoms with Gasteiger partial charge in [-0.15, -0.1) is 0 Å². The molecule has 3 atom stereocenters. The first-order valence-electron chi connectivity index (χ1n) is 8.04. The van der Waals surface area contributed by atoms with Crippen LogP contribution in [0, 0.1) is 17.8 Å². The molecule has 0 spiro atoms. The van der Waals surface area contributed by atoms with Crippen LogP contribution < -0.4 is 5.32 Å². The van der Waals surface area contributed by atoms with Crippen molar-refractivity contribution in [2.45, 2.75) is 45.6 Å². The molecular formula is C18H25NO3. The fourth-order valence-electron chi connectivity index (χ4n) is 3.14. The number of benzene rings is 1. The van der Waals surface area contributed by atoms with Crippen LogP contribution in [0.3, 0.4) is 0 Å². The molecule has 1 aromatic carbocycles. The van der Waals surface area contributed by atoms with Crippen molar-refractivity contribution in [3.8, 4) is 0 Å². The molecule has 1 aliphatic carbocycles. The Labute approximate surface area is 131 Å².